The topological polar surface area (TPSA) is 44.8 Å². The summed E-state index contributed by atoms with van der Waals surface area (Å²) >= 11 is 6.20. The molecule has 26 heavy (non-hydrogen) atoms. The van der Waals surface area contributed by atoms with E-state index in [4.69, 9.17) is 16.3 Å². The van der Waals surface area contributed by atoms with E-state index in [0.29, 0.717) is 18.1 Å². The molecule has 0 atom stereocenters. The van der Waals surface area contributed by atoms with Crippen LogP contribution in [0.4, 0.5) is 11.4 Å². The van der Waals surface area contributed by atoms with E-state index in [2.05, 4.69) is 22.3 Å². The van der Waals surface area contributed by atoms with E-state index >= 15 is 0 Å². The number of nitrogens with one attached hydrogen (secondary N) is 1. The van der Waals surface area contributed by atoms with Crippen molar-refractivity contribution in [3.8, 4) is 5.75 Å². The Morgan fingerprint density at radius 3 is 2.42 bits per heavy atom. The Morgan fingerprint density at radius 1 is 1.12 bits per heavy atom. The summed E-state index contributed by atoms with van der Waals surface area (Å²) in [5.41, 5.74) is 3.05. The average Bonchev–Trinajstić information content (AvgIpc) is 2.67. The first-order valence-corrected chi connectivity index (χ1v) is 9.11. The van der Waals surface area contributed by atoms with Crippen molar-refractivity contribution in [2.45, 2.75) is 6.92 Å². The van der Waals surface area contributed by atoms with Crippen LogP contribution in [0.25, 0.3) is 0 Å². The average molecular weight is 374 g/mol. The molecule has 2 aromatic rings. The second-order valence-electron chi connectivity index (χ2n) is 6.40. The van der Waals surface area contributed by atoms with Gasteiger partial charge < -0.3 is 19.9 Å². The van der Waals surface area contributed by atoms with Crippen molar-refractivity contribution in [1.82, 2.24) is 4.90 Å². The predicted molar refractivity (Wildman–Crippen MR) is 106 cm³/mol. The molecule has 0 bridgehead atoms. The molecule has 0 spiro atoms. The molecule has 1 aliphatic rings. The minimum Gasteiger partial charge on any atom is -0.497 e. The van der Waals surface area contributed by atoms with Gasteiger partial charge in [-0.3, -0.25) is 4.79 Å². The van der Waals surface area contributed by atoms with Gasteiger partial charge in [-0.15, -0.1) is 0 Å². The fourth-order valence-electron chi connectivity index (χ4n) is 3.05. The highest BCUT2D eigenvalue weighted by Crippen LogP contribution is 2.23. The molecular weight excluding hydrogens is 350 g/mol. The van der Waals surface area contributed by atoms with Crippen LogP contribution in [-0.4, -0.2) is 50.6 Å². The number of amides is 1. The van der Waals surface area contributed by atoms with Gasteiger partial charge in [-0.05, 0) is 48.9 Å². The predicted octanol–water partition coefficient (Wildman–Crippen LogP) is 3.42. The number of rotatable bonds is 5. The van der Waals surface area contributed by atoms with E-state index < -0.39 is 0 Å². The Morgan fingerprint density at radius 2 is 1.81 bits per heavy atom. The van der Waals surface area contributed by atoms with Crippen molar-refractivity contribution in [3.05, 3.63) is 53.1 Å². The third kappa shape index (κ3) is 4.41. The van der Waals surface area contributed by atoms with Gasteiger partial charge in [0.1, 0.15) is 5.75 Å². The van der Waals surface area contributed by atoms with E-state index in [9.17, 15) is 4.79 Å². The largest absolute Gasteiger partial charge is 0.497 e. The van der Waals surface area contributed by atoms with Crippen LogP contribution in [0.5, 0.6) is 5.75 Å². The van der Waals surface area contributed by atoms with Crippen molar-refractivity contribution in [3.63, 3.8) is 0 Å². The number of anilines is 2. The van der Waals surface area contributed by atoms with Gasteiger partial charge in [-0.1, -0.05) is 17.7 Å². The maximum Gasteiger partial charge on any atom is 0.241 e. The summed E-state index contributed by atoms with van der Waals surface area (Å²) in [5.74, 6) is 0.944. The smallest absolute Gasteiger partial charge is 0.241 e. The minimum absolute atomic E-state index is 0.0935. The molecule has 5 nitrogen and oxygen atoms in total. The number of halogens is 1. The standard InChI is InChI=1S/C20H24ClN3O2/c1-15-3-8-19(18(21)13-15)22-14-20(25)24-11-9-23(10-12-24)16-4-6-17(26-2)7-5-16/h3-8,13,22H,9-12,14H2,1-2H3. The van der Waals surface area contributed by atoms with Crippen LogP contribution in [-0.2, 0) is 4.79 Å². The summed E-state index contributed by atoms with van der Waals surface area (Å²) in [4.78, 5) is 16.6. The molecule has 1 fully saturated rings. The highest BCUT2D eigenvalue weighted by atomic mass is 35.5. The Labute approximate surface area is 159 Å². The van der Waals surface area contributed by atoms with Crippen LogP contribution in [0.2, 0.25) is 5.02 Å². The number of nitrogens with zero attached hydrogens (tertiary/aromatic N) is 2. The summed E-state index contributed by atoms with van der Waals surface area (Å²) in [6.07, 6.45) is 0. The van der Waals surface area contributed by atoms with Gasteiger partial charge >= 0.3 is 0 Å². The molecule has 6 heteroatoms. The van der Waals surface area contributed by atoms with Crippen molar-refractivity contribution in [2.24, 2.45) is 0 Å². The first kappa shape index (κ1) is 18.4. The number of hydrogen-bond donors (Lipinski definition) is 1. The third-order valence-corrected chi connectivity index (χ3v) is 4.94. The second-order valence-corrected chi connectivity index (χ2v) is 6.81. The summed E-state index contributed by atoms with van der Waals surface area (Å²) < 4.78 is 5.20. The molecule has 2 aromatic carbocycles. The fraction of sp³-hybridized carbons (Fsp3) is 0.350. The van der Waals surface area contributed by atoms with Gasteiger partial charge in [-0.2, -0.15) is 0 Å². The van der Waals surface area contributed by atoms with Crippen molar-refractivity contribution < 1.29 is 9.53 Å². The van der Waals surface area contributed by atoms with E-state index in [1.807, 2.05) is 42.2 Å². The lowest BCUT2D eigenvalue weighted by molar-refractivity contribution is -0.129. The number of methoxy groups -OCH3 is 1. The number of ether oxygens (including phenoxy) is 1. The Balaban J connectivity index is 1.50. The van der Waals surface area contributed by atoms with Crippen molar-refractivity contribution in [1.29, 1.82) is 0 Å². The molecule has 1 aliphatic heterocycles. The molecule has 1 heterocycles. The lowest BCUT2D eigenvalue weighted by Crippen LogP contribution is -2.50. The lowest BCUT2D eigenvalue weighted by Gasteiger charge is -2.36. The fourth-order valence-corrected chi connectivity index (χ4v) is 3.36. The van der Waals surface area contributed by atoms with E-state index in [1.54, 1.807) is 7.11 Å². The van der Waals surface area contributed by atoms with Crippen LogP contribution in [0.15, 0.2) is 42.5 Å². The molecule has 1 N–H and O–H groups in total. The SMILES string of the molecule is COc1ccc(N2CCN(C(=O)CNc3ccc(C)cc3Cl)CC2)cc1. The number of benzene rings is 2. The van der Waals surface area contributed by atoms with E-state index in [0.717, 1.165) is 35.8 Å². The molecule has 138 valence electrons. The van der Waals surface area contributed by atoms with Crippen LogP contribution >= 0.6 is 11.6 Å². The molecule has 0 saturated carbocycles. The monoisotopic (exact) mass is 373 g/mol. The molecule has 3 rings (SSSR count). The number of hydrogen-bond acceptors (Lipinski definition) is 4. The van der Waals surface area contributed by atoms with Crippen LogP contribution in [0, 0.1) is 6.92 Å². The van der Waals surface area contributed by atoms with Crippen LogP contribution in [0.1, 0.15) is 5.56 Å². The first-order valence-electron chi connectivity index (χ1n) is 8.73. The van der Waals surface area contributed by atoms with E-state index in [1.165, 1.54) is 0 Å². The van der Waals surface area contributed by atoms with Crippen molar-refractivity contribution >= 4 is 28.9 Å². The third-order valence-electron chi connectivity index (χ3n) is 4.62. The minimum atomic E-state index is 0.0935. The lowest BCUT2D eigenvalue weighted by atomic mass is 10.2. The molecule has 1 saturated heterocycles. The Kier molecular flexibility index (Phi) is 5.89. The second kappa shape index (κ2) is 8.32. The van der Waals surface area contributed by atoms with Gasteiger partial charge in [0.15, 0.2) is 0 Å². The summed E-state index contributed by atoms with van der Waals surface area (Å²) in [5, 5.41) is 3.78. The molecule has 0 aliphatic carbocycles. The van der Waals surface area contributed by atoms with Crippen LogP contribution in [0.3, 0.4) is 0 Å². The van der Waals surface area contributed by atoms with Crippen LogP contribution < -0.4 is 15.0 Å². The number of carbonyl (C=O) groups is 1. The highest BCUT2D eigenvalue weighted by Gasteiger charge is 2.21. The van der Waals surface area contributed by atoms with E-state index in [-0.39, 0.29) is 12.5 Å². The van der Waals surface area contributed by atoms with Gasteiger partial charge in [0.05, 0.1) is 24.4 Å². The Bertz CT molecular complexity index is 756. The number of piperazine rings is 1. The maximum atomic E-state index is 12.5. The van der Waals surface area contributed by atoms with Gasteiger partial charge in [0, 0.05) is 31.9 Å². The zero-order valence-corrected chi connectivity index (χ0v) is 15.9. The van der Waals surface area contributed by atoms with Gasteiger partial charge in [0.25, 0.3) is 0 Å². The number of aryl methyl sites for hydroxylation is 1. The zero-order valence-electron chi connectivity index (χ0n) is 15.2. The normalized spacial score (nSPS) is 14.3. The summed E-state index contributed by atoms with van der Waals surface area (Å²) in [6.45, 7) is 5.32. The molecule has 0 aromatic heterocycles. The van der Waals surface area contributed by atoms with Gasteiger partial charge in [0.2, 0.25) is 5.91 Å². The maximum absolute atomic E-state index is 12.5. The molecule has 1 amide bonds. The molecular formula is C20H24ClN3O2. The summed E-state index contributed by atoms with van der Waals surface area (Å²) in [7, 11) is 1.66. The summed E-state index contributed by atoms with van der Waals surface area (Å²) in [6, 6.07) is 13.8. The van der Waals surface area contributed by atoms with Gasteiger partial charge in [-0.25, -0.2) is 0 Å². The quantitative estimate of drug-likeness (QED) is 0.872. The molecule has 0 radical (unpaired) electrons. The molecule has 0 unspecified atom stereocenters. The zero-order chi connectivity index (χ0) is 18.5. The number of carbonyl (C=O) groups excluding carboxylic acids is 1. The van der Waals surface area contributed by atoms with Crippen molar-refractivity contribution in [2.75, 3.05) is 50.1 Å². The highest BCUT2D eigenvalue weighted by molar-refractivity contribution is 6.33. The first-order chi connectivity index (χ1) is 12.6. The Hall–Kier alpha value is -2.40.